The molecule has 4 heterocycles. The average molecular weight is 399 g/mol. The van der Waals surface area contributed by atoms with Gasteiger partial charge in [-0.05, 0) is 51.4 Å². The number of rotatable bonds is 5. The highest BCUT2D eigenvalue weighted by Crippen LogP contribution is 2.29. The number of carbonyl (C=O) groups excluding carboxylic acids is 1. The summed E-state index contributed by atoms with van der Waals surface area (Å²) in [6.07, 6.45) is 6.15. The Balaban J connectivity index is 1.70. The molecule has 29 heavy (non-hydrogen) atoms. The molecule has 0 radical (unpaired) electrons. The fourth-order valence-electron chi connectivity index (χ4n) is 3.83. The van der Waals surface area contributed by atoms with E-state index < -0.39 is 0 Å². The van der Waals surface area contributed by atoms with Crippen molar-refractivity contribution in [3.8, 4) is 0 Å². The Morgan fingerprint density at radius 2 is 2.10 bits per heavy atom. The number of piperazine rings is 1. The first-order valence-corrected chi connectivity index (χ1v) is 10.4. The van der Waals surface area contributed by atoms with Gasteiger partial charge in [0.1, 0.15) is 17.0 Å². The summed E-state index contributed by atoms with van der Waals surface area (Å²) in [4.78, 5) is 21.4. The van der Waals surface area contributed by atoms with Crippen molar-refractivity contribution in [1.82, 2.24) is 19.7 Å². The zero-order valence-corrected chi connectivity index (χ0v) is 17.2. The van der Waals surface area contributed by atoms with Crippen molar-refractivity contribution < 1.29 is 14.3 Å². The second kappa shape index (κ2) is 8.92. The van der Waals surface area contributed by atoms with Gasteiger partial charge in [0.05, 0.1) is 12.1 Å². The lowest BCUT2D eigenvalue weighted by atomic mass is 10.2. The van der Waals surface area contributed by atoms with Crippen molar-refractivity contribution in [3.63, 3.8) is 0 Å². The highest BCUT2D eigenvalue weighted by atomic mass is 16.5. The number of nitrogens with zero attached hydrogens (tertiary/aromatic N) is 5. The molecule has 2 saturated heterocycles. The smallest absolute Gasteiger partial charge is 0.330 e. The molecule has 0 N–H and O–H groups in total. The maximum absolute atomic E-state index is 11.8. The average Bonchev–Trinajstić information content (AvgIpc) is 3.11. The molecule has 8 nitrogen and oxygen atoms in total. The van der Waals surface area contributed by atoms with Crippen LogP contribution in [0.15, 0.2) is 18.2 Å². The molecule has 0 saturated carbocycles. The van der Waals surface area contributed by atoms with Crippen LogP contribution in [0.5, 0.6) is 0 Å². The van der Waals surface area contributed by atoms with E-state index >= 15 is 0 Å². The molecule has 1 atom stereocenters. The van der Waals surface area contributed by atoms with Gasteiger partial charge in [-0.3, -0.25) is 0 Å². The molecule has 0 bridgehead atoms. The summed E-state index contributed by atoms with van der Waals surface area (Å²) >= 11 is 0. The SMILES string of the molecule is CCOC(=O)/C=C/c1nn(C2CCCCO2)c2ccc(N3CCN(C)CC3)nc12. The molecule has 0 amide bonds. The van der Waals surface area contributed by atoms with Crippen LogP contribution in [0.3, 0.4) is 0 Å². The molecule has 2 aliphatic rings. The van der Waals surface area contributed by atoms with Gasteiger partial charge in [0.15, 0.2) is 6.23 Å². The highest BCUT2D eigenvalue weighted by Gasteiger charge is 2.23. The Bertz CT molecular complexity index is 880. The van der Waals surface area contributed by atoms with E-state index in [2.05, 4.69) is 29.0 Å². The molecule has 2 aromatic heterocycles. The Morgan fingerprint density at radius 3 is 2.83 bits per heavy atom. The van der Waals surface area contributed by atoms with E-state index in [4.69, 9.17) is 19.6 Å². The molecule has 2 aromatic rings. The number of pyridine rings is 1. The van der Waals surface area contributed by atoms with Crippen LogP contribution in [0.25, 0.3) is 17.1 Å². The molecule has 0 aliphatic carbocycles. The van der Waals surface area contributed by atoms with Crippen LogP contribution < -0.4 is 4.90 Å². The van der Waals surface area contributed by atoms with E-state index in [-0.39, 0.29) is 12.2 Å². The van der Waals surface area contributed by atoms with Crippen molar-refractivity contribution in [1.29, 1.82) is 0 Å². The number of likely N-dealkylation sites (N-methyl/N-ethyl adjacent to an activating group) is 1. The second-order valence-electron chi connectivity index (χ2n) is 7.56. The van der Waals surface area contributed by atoms with Gasteiger partial charge in [0.2, 0.25) is 0 Å². The summed E-state index contributed by atoms with van der Waals surface area (Å²) in [5.74, 6) is 0.569. The molecular weight excluding hydrogens is 370 g/mol. The van der Waals surface area contributed by atoms with E-state index in [1.54, 1.807) is 13.0 Å². The molecule has 0 spiro atoms. The van der Waals surface area contributed by atoms with Crippen molar-refractivity contribution in [2.24, 2.45) is 0 Å². The lowest BCUT2D eigenvalue weighted by Crippen LogP contribution is -2.44. The van der Waals surface area contributed by atoms with Crippen LogP contribution in [0.4, 0.5) is 5.82 Å². The standard InChI is InChI=1S/C21H29N5O3/c1-3-28-20(27)10-7-16-21-17(26(23-16)19-6-4-5-15-29-19)8-9-18(22-21)25-13-11-24(2)12-14-25/h7-10,19H,3-6,11-15H2,1-2H3/b10-7+. The summed E-state index contributed by atoms with van der Waals surface area (Å²) in [6, 6.07) is 4.14. The lowest BCUT2D eigenvalue weighted by Gasteiger charge is -2.33. The third-order valence-electron chi connectivity index (χ3n) is 5.48. The number of fused-ring (bicyclic) bond motifs is 1. The van der Waals surface area contributed by atoms with Crippen molar-refractivity contribution in [3.05, 3.63) is 23.9 Å². The van der Waals surface area contributed by atoms with Gasteiger partial charge in [0, 0.05) is 38.9 Å². The van der Waals surface area contributed by atoms with Crippen molar-refractivity contribution >= 4 is 28.9 Å². The number of anilines is 1. The summed E-state index contributed by atoms with van der Waals surface area (Å²) < 4.78 is 12.9. The van der Waals surface area contributed by atoms with Gasteiger partial charge in [0.25, 0.3) is 0 Å². The summed E-state index contributed by atoms with van der Waals surface area (Å²) in [5.41, 5.74) is 2.38. The Morgan fingerprint density at radius 1 is 1.28 bits per heavy atom. The fraction of sp³-hybridized carbons (Fsp3) is 0.571. The number of ether oxygens (including phenoxy) is 2. The van der Waals surface area contributed by atoms with E-state index in [0.29, 0.717) is 12.3 Å². The minimum atomic E-state index is -0.376. The third kappa shape index (κ3) is 4.43. The summed E-state index contributed by atoms with van der Waals surface area (Å²) in [7, 11) is 2.14. The van der Waals surface area contributed by atoms with E-state index in [1.165, 1.54) is 6.08 Å². The molecule has 0 aromatic carbocycles. The van der Waals surface area contributed by atoms with Gasteiger partial charge in [-0.1, -0.05) is 0 Å². The van der Waals surface area contributed by atoms with Crippen LogP contribution in [-0.2, 0) is 14.3 Å². The molecule has 4 rings (SSSR count). The normalized spacial score (nSPS) is 21.2. The van der Waals surface area contributed by atoms with Crippen LogP contribution in [0.1, 0.15) is 38.1 Å². The maximum atomic E-state index is 11.8. The van der Waals surface area contributed by atoms with Crippen molar-refractivity contribution in [2.45, 2.75) is 32.4 Å². The van der Waals surface area contributed by atoms with Gasteiger partial charge in [-0.15, -0.1) is 0 Å². The minimum absolute atomic E-state index is 0.0905. The van der Waals surface area contributed by atoms with Crippen molar-refractivity contribution in [2.75, 3.05) is 51.3 Å². The number of hydrogen-bond acceptors (Lipinski definition) is 7. The number of esters is 1. The topological polar surface area (TPSA) is 72.7 Å². The minimum Gasteiger partial charge on any atom is -0.463 e. The number of carbonyl (C=O) groups is 1. The zero-order valence-electron chi connectivity index (χ0n) is 17.2. The predicted octanol–water partition coefficient (Wildman–Crippen LogP) is 2.46. The molecular formula is C21H29N5O3. The van der Waals surface area contributed by atoms with Gasteiger partial charge in [-0.2, -0.15) is 5.10 Å². The number of hydrogen-bond donors (Lipinski definition) is 0. The first-order chi connectivity index (χ1) is 14.2. The Labute approximate surface area is 171 Å². The quantitative estimate of drug-likeness (QED) is 0.565. The molecule has 8 heteroatoms. The largest absolute Gasteiger partial charge is 0.463 e. The summed E-state index contributed by atoms with van der Waals surface area (Å²) in [6.45, 7) is 6.81. The van der Waals surface area contributed by atoms with E-state index in [0.717, 1.165) is 68.9 Å². The molecule has 1 unspecified atom stereocenters. The highest BCUT2D eigenvalue weighted by molar-refractivity contribution is 5.91. The Hall–Kier alpha value is -2.45. The van der Waals surface area contributed by atoms with Crippen LogP contribution >= 0.6 is 0 Å². The predicted molar refractivity (Wildman–Crippen MR) is 112 cm³/mol. The van der Waals surface area contributed by atoms with Gasteiger partial charge >= 0.3 is 5.97 Å². The lowest BCUT2D eigenvalue weighted by molar-refractivity contribution is -0.137. The van der Waals surface area contributed by atoms with E-state index in [9.17, 15) is 4.79 Å². The molecule has 2 aliphatic heterocycles. The fourth-order valence-corrected chi connectivity index (χ4v) is 3.83. The third-order valence-corrected chi connectivity index (χ3v) is 5.48. The molecule has 2 fully saturated rings. The summed E-state index contributed by atoms with van der Waals surface area (Å²) in [5, 5.41) is 4.75. The monoisotopic (exact) mass is 399 g/mol. The zero-order chi connectivity index (χ0) is 20.2. The van der Waals surface area contributed by atoms with Gasteiger partial charge in [-0.25, -0.2) is 14.5 Å². The Kier molecular flexibility index (Phi) is 6.10. The maximum Gasteiger partial charge on any atom is 0.330 e. The van der Waals surface area contributed by atoms with E-state index in [1.807, 2.05) is 4.68 Å². The van der Waals surface area contributed by atoms with Crippen LogP contribution in [0.2, 0.25) is 0 Å². The van der Waals surface area contributed by atoms with Gasteiger partial charge < -0.3 is 19.3 Å². The second-order valence-corrected chi connectivity index (χ2v) is 7.56. The first kappa shape index (κ1) is 19.8. The molecule has 156 valence electrons. The van der Waals surface area contributed by atoms with Crippen LogP contribution in [-0.4, -0.2) is 72.1 Å². The number of aromatic nitrogens is 3. The first-order valence-electron chi connectivity index (χ1n) is 10.4. The van der Waals surface area contributed by atoms with Crippen LogP contribution in [0, 0.1) is 0 Å².